The molecule has 0 saturated carbocycles. The SMILES string of the molecule is CC(C)Oc1nccnc1NCC(O)c1ccc2ccccc2c1. The molecule has 0 aliphatic rings. The van der Waals surface area contributed by atoms with Gasteiger partial charge in [0, 0.05) is 18.9 Å². The second kappa shape index (κ2) is 7.27. The van der Waals surface area contributed by atoms with Gasteiger partial charge in [0.2, 0.25) is 0 Å². The molecule has 0 radical (unpaired) electrons. The summed E-state index contributed by atoms with van der Waals surface area (Å²) >= 11 is 0. The first kappa shape index (κ1) is 16.2. The minimum Gasteiger partial charge on any atom is -0.472 e. The largest absolute Gasteiger partial charge is 0.472 e. The lowest BCUT2D eigenvalue weighted by Crippen LogP contribution is -2.15. The van der Waals surface area contributed by atoms with E-state index in [1.807, 2.05) is 50.2 Å². The molecular formula is C19H21N3O2. The number of rotatable bonds is 6. The molecule has 0 aliphatic heterocycles. The molecule has 2 aromatic carbocycles. The van der Waals surface area contributed by atoms with Crippen LogP contribution in [0.4, 0.5) is 5.82 Å². The number of hydrogen-bond acceptors (Lipinski definition) is 5. The molecular weight excluding hydrogens is 302 g/mol. The predicted octanol–water partition coefficient (Wildman–Crippen LogP) is 3.56. The molecule has 5 nitrogen and oxygen atoms in total. The molecule has 1 aromatic heterocycles. The quantitative estimate of drug-likeness (QED) is 0.726. The van der Waals surface area contributed by atoms with Crippen LogP contribution in [0.1, 0.15) is 25.5 Å². The molecule has 0 aliphatic carbocycles. The fourth-order valence-electron chi connectivity index (χ4n) is 2.48. The van der Waals surface area contributed by atoms with Crippen LogP contribution in [0.25, 0.3) is 10.8 Å². The number of aliphatic hydroxyl groups is 1. The second-order valence-electron chi connectivity index (χ2n) is 5.88. The number of aliphatic hydroxyl groups excluding tert-OH is 1. The highest BCUT2D eigenvalue weighted by atomic mass is 16.5. The summed E-state index contributed by atoms with van der Waals surface area (Å²) in [4.78, 5) is 8.42. The molecule has 3 rings (SSSR count). The molecule has 1 unspecified atom stereocenters. The van der Waals surface area contributed by atoms with E-state index in [1.165, 1.54) is 0 Å². The van der Waals surface area contributed by atoms with Crippen molar-refractivity contribution in [3.05, 3.63) is 60.4 Å². The van der Waals surface area contributed by atoms with Crippen molar-refractivity contribution in [2.24, 2.45) is 0 Å². The lowest BCUT2D eigenvalue weighted by molar-refractivity contribution is 0.191. The highest BCUT2D eigenvalue weighted by Crippen LogP contribution is 2.23. The third-order valence-corrected chi connectivity index (χ3v) is 3.63. The van der Waals surface area contributed by atoms with Gasteiger partial charge in [0.1, 0.15) is 0 Å². The number of fused-ring (bicyclic) bond motifs is 1. The number of benzene rings is 2. The number of nitrogens with one attached hydrogen (secondary N) is 1. The Morgan fingerprint density at radius 2 is 1.79 bits per heavy atom. The summed E-state index contributed by atoms with van der Waals surface area (Å²) in [5.74, 6) is 0.976. The fraction of sp³-hybridized carbons (Fsp3) is 0.263. The third-order valence-electron chi connectivity index (χ3n) is 3.63. The van der Waals surface area contributed by atoms with Gasteiger partial charge in [0.25, 0.3) is 5.88 Å². The van der Waals surface area contributed by atoms with Gasteiger partial charge in [-0.25, -0.2) is 9.97 Å². The first-order chi connectivity index (χ1) is 11.6. The van der Waals surface area contributed by atoms with E-state index in [0.29, 0.717) is 18.2 Å². The van der Waals surface area contributed by atoms with Crippen LogP contribution in [0.5, 0.6) is 5.88 Å². The first-order valence-corrected chi connectivity index (χ1v) is 8.02. The Kier molecular flexibility index (Phi) is 4.91. The van der Waals surface area contributed by atoms with Crippen LogP contribution in [0, 0.1) is 0 Å². The van der Waals surface area contributed by atoms with Gasteiger partial charge in [-0.15, -0.1) is 0 Å². The van der Waals surface area contributed by atoms with Crippen molar-refractivity contribution in [3.8, 4) is 5.88 Å². The van der Waals surface area contributed by atoms with E-state index < -0.39 is 6.10 Å². The zero-order valence-electron chi connectivity index (χ0n) is 13.8. The zero-order valence-corrected chi connectivity index (χ0v) is 13.8. The van der Waals surface area contributed by atoms with Crippen molar-refractivity contribution in [3.63, 3.8) is 0 Å². The van der Waals surface area contributed by atoms with Crippen molar-refractivity contribution in [1.29, 1.82) is 0 Å². The fourth-order valence-corrected chi connectivity index (χ4v) is 2.48. The summed E-state index contributed by atoms with van der Waals surface area (Å²) < 4.78 is 5.62. The topological polar surface area (TPSA) is 67.3 Å². The average Bonchev–Trinajstić information content (AvgIpc) is 2.60. The van der Waals surface area contributed by atoms with Gasteiger partial charge in [-0.3, -0.25) is 0 Å². The van der Waals surface area contributed by atoms with Gasteiger partial charge < -0.3 is 15.2 Å². The maximum atomic E-state index is 10.5. The lowest BCUT2D eigenvalue weighted by Gasteiger charge is -2.16. The van der Waals surface area contributed by atoms with Crippen LogP contribution in [0.15, 0.2) is 54.9 Å². The first-order valence-electron chi connectivity index (χ1n) is 8.02. The summed E-state index contributed by atoms with van der Waals surface area (Å²) in [5, 5.41) is 15.8. The van der Waals surface area contributed by atoms with Crippen molar-refractivity contribution in [2.45, 2.75) is 26.1 Å². The standard InChI is InChI=1S/C19H21N3O2/c1-13(2)24-19-18(20-9-10-21-19)22-12-17(23)16-8-7-14-5-3-4-6-15(14)11-16/h3-11,13,17,23H,12H2,1-2H3,(H,20,22). The van der Waals surface area contributed by atoms with E-state index >= 15 is 0 Å². The summed E-state index contributed by atoms with van der Waals surface area (Å²) in [6, 6.07) is 14.1. The van der Waals surface area contributed by atoms with Gasteiger partial charge in [0.05, 0.1) is 12.2 Å². The number of hydrogen-bond donors (Lipinski definition) is 2. The minimum absolute atomic E-state index is 0.00709. The summed E-state index contributed by atoms with van der Waals surface area (Å²) in [5.41, 5.74) is 0.858. The van der Waals surface area contributed by atoms with Gasteiger partial charge in [-0.2, -0.15) is 0 Å². The number of nitrogens with zero attached hydrogens (tertiary/aromatic N) is 2. The Labute approximate surface area is 141 Å². The zero-order chi connectivity index (χ0) is 16.9. The van der Waals surface area contributed by atoms with Crippen LogP contribution >= 0.6 is 0 Å². The monoisotopic (exact) mass is 323 g/mol. The number of anilines is 1. The van der Waals surface area contributed by atoms with E-state index in [9.17, 15) is 5.11 Å². The molecule has 0 bridgehead atoms. The summed E-state index contributed by atoms with van der Waals surface area (Å²) in [7, 11) is 0. The summed E-state index contributed by atoms with van der Waals surface area (Å²) in [6.07, 6.45) is 2.54. The van der Waals surface area contributed by atoms with E-state index in [0.717, 1.165) is 16.3 Å². The number of ether oxygens (including phenoxy) is 1. The number of aromatic nitrogens is 2. The summed E-state index contributed by atoms with van der Waals surface area (Å²) in [6.45, 7) is 4.19. The Morgan fingerprint density at radius 3 is 2.58 bits per heavy atom. The Balaban J connectivity index is 1.71. The maximum absolute atomic E-state index is 10.5. The van der Waals surface area contributed by atoms with Crippen LogP contribution in [0.3, 0.4) is 0 Å². The van der Waals surface area contributed by atoms with E-state index in [1.54, 1.807) is 12.4 Å². The second-order valence-corrected chi connectivity index (χ2v) is 5.88. The predicted molar refractivity (Wildman–Crippen MR) is 95.2 cm³/mol. The molecule has 0 spiro atoms. The normalized spacial score (nSPS) is 12.3. The lowest BCUT2D eigenvalue weighted by atomic mass is 10.0. The van der Waals surface area contributed by atoms with Crippen LogP contribution in [-0.2, 0) is 0 Å². The third kappa shape index (κ3) is 3.81. The Hall–Kier alpha value is -2.66. The van der Waals surface area contributed by atoms with E-state index in [-0.39, 0.29) is 6.10 Å². The minimum atomic E-state index is -0.650. The Morgan fingerprint density at radius 1 is 1.04 bits per heavy atom. The molecule has 0 amide bonds. The molecule has 1 heterocycles. The van der Waals surface area contributed by atoms with Gasteiger partial charge in [0.15, 0.2) is 5.82 Å². The average molecular weight is 323 g/mol. The van der Waals surface area contributed by atoms with E-state index in [4.69, 9.17) is 4.74 Å². The molecule has 0 fully saturated rings. The van der Waals surface area contributed by atoms with E-state index in [2.05, 4.69) is 21.4 Å². The van der Waals surface area contributed by atoms with Crippen LogP contribution < -0.4 is 10.1 Å². The maximum Gasteiger partial charge on any atom is 0.257 e. The van der Waals surface area contributed by atoms with Gasteiger partial charge in [-0.05, 0) is 36.2 Å². The van der Waals surface area contributed by atoms with Gasteiger partial charge in [-0.1, -0.05) is 36.4 Å². The highest BCUT2D eigenvalue weighted by Gasteiger charge is 2.12. The van der Waals surface area contributed by atoms with Gasteiger partial charge >= 0.3 is 0 Å². The molecule has 124 valence electrons. The highest BCUT2D eigenvalue weighted by molar-refractivity contribution is 5.83. The molecule has 1 atom stereocenters. The molecule has 0 saturated heterocycles. The van der Waals surface area contributed by atoms with Crippen LogP contribution in [0.2, 0.25) is 0 Å². The van der Waals surface area contributed by atoms with Crippen molar-refractivity contribution in [2.75, 3.05) is 11.9 Å². The van der Waals surface area contributed by atoms with Crippen molar-refractivity contribution >= 4 is 16.6 Å². The smallest absolute Gasteiger partial charge is 0.257 e. The molecule has 3 aromatic rings. The molecule has 24 heavy (non-hydrogen) atoms. The van der Waals surface area contributed by atoms with Crippen molar-refractivity contribution in [1.82, 2.24) is 9.97 Å². The molecule has 5 heteroatoms. The van der Waals surface area contributed by atoms with Crippen molar-refractivity contribution < 1.29 is 9.84 Å². The van der Waals surface area contributed by atoms with Crippen LogP contribution in [-0.4, -0.2) is 27.7 Å². The molecule has 2 N–H and O–H groups in total. The Bertz CT molecular complexity index is 820.